The van der Waals surface area contributed by atoms with Gasteiger partial charge in [0.15, 0.2) is 10.8 Å². The smallest absolute Gasteiger partial charge is 0.234 e. The summed E-state index contributed by atoms with van der Waals surface area (Å²) in [7, 11) is 0. The fourth-order valence-corrected chi connectivity index (χ4v) is 3.08. The van der Waals surface area contributed by atoms with Gasteiger partial charge in [-0.25, -0.2) is 0 Å². The van der Waals surface area contributed by atoms with Crippen molar-refractivity contribution >= 4 is 16.3 Å². The minimum absolute atomic E-state index is 0.309. The summed E-state index contributed by atoms with van der Waals surface area (Å²) in [6.45, 7) is 9.30. The van der Waals surface area contributed by atoms with Gasteiger partial charge in [0.25, 0.3) is 0 Å². The van der Waals surface area contributed by atoms with Crippen molar-refractivity contribution in [3.63, 3.8) is 0 Å². The van der Waals surface area contributed by atoms with E-state index in [0.29, 0.717) is 5.92 Å². The van der Waals surface area contributed by atoms with Gasteiger partial charge in [0.2, 0.25) is 4.96 Å². The van der Waals surface area contributed by atoms with Gasteiger partial charge >= 0.3 is 0 Å². The van der Waals surface area contributed by atoms with E-state index in [-0.39, 0.29) is 0 Å². The molecule has 6 nitrogen and oxygen atoms in total. The van der Waals surface area contributed by atoms with Crippen molar-refractivity contribution in [1.29, 1.82) is 0 Å². The van der Waals surface area contributed by atoms with Gasteiger partial charge in [-0.2, -0.15) is 14.7 Å². The summed E-state index contributed by atoms with van der Waals surface area (Å²) in [6, 6.07) is 0. The molecule has 7 heteroatoms. The fraction of sp³-hybridized carbons (Fsp3) is 0.538. The number of hydrogen-bond donors (Lipinski definition) is 0. The fourth-order valence-electron chi connectivity index (χ4n) is 2.17. The summed E-state index contributed by atoms with van der Waals surface area (Å²) in [6.07, 6.45) is 3.14. The van der Waals surface area contributed by atoms with Crippen LogP contribution in [0.4, 0.5) is 0 Å². The zero-order chi connectivity index (χ0) is 14.3. The first-order chi connectivity index (χ1) is 9.60. The highest BCUT2D eigenvalue weighted by Gasteiger charge is 2.17. The molecule has 0 aromatic carbocycles. The van der Waals surface area contributed by atoms with Crippen molar-refractivity contribution in [1.82, 2.24) is 29.6 Å². The van der Waals surface area contributed by atoms with E-state index in [1.807, 2.05) is 16.1 Å². The van der Waals surface area contributed by atoms with E-state index in [2.05, 4.69) is 47.4 Å². The molecule has 0 aliphatic heterocycles. The summed E-state index contributed by atoms with van der Waals surface area (Å²) < 4.78 is 3.83. The number of rotatable bonds is 4. The van der Waals surface area contributed by atoms with Crippen LogP contribution < -0.4 is 0 Å². The van der Waals surface area contributed by atoms with Gasteiger partial charge in [0.05, 0.1) is 11.3 Å². The number of aromatic nitrogens is 6. The van der Waals surface area contributed by atoms with Crippen molar-refractivity contribution in [2.24, 2.45) is 0 Å². The Hall–Kier alpha value is -1.76. The molecule has 0 fully saturated rings. The lowest BCUT2D eigenvalue weighted by Gasteiger charge is -1.97. The Morgan fingerprint density at radius 1 is 1.25 bits per heavy atom. The second-order valence-corrected chi connectivity index (χ2v) is 6.16. The van der Waals surface area contributed by atoms with Gasteiger partial charge in [-0.05, 0) is 13.3 Å². The van der Waals surface area contributed by atoms with Crippen molar-refractivity contribution in [3.05, 3.63) is 17.7 Å². The van der Waals surface area contributed by atoms with Crippen LogP contribution in [0.2, 0.25) is 0 Å². The lowest BCUT2D eigenvalue weighted by molar-refractivity contribution is 0.598. The Kier molecular flexibility index (Phi) is 3.29. The van der Waals surface area contributed by atoms with E-state index < -0.39 is 0 Å². The topological polar surface area (TPSA) is 60.9 Å². The van der Waals surface area contributed by atoms with Gasteiger partial charge in [-0.15, -0.1) is 10.2 Å². The first-order valence-corrected chi connectivity index (χ1v) is 7.68. The van der Waals surface area contributed by atoms with E-state index in [9.17, 15) is 0 Å². The third kappa shape index (κ3) is 2.11. The van der Waals surface area contributed by atoms with Crippen LogP contribution >= 0.6 is 11.3 Å². The highest BCUT2D eigenvalue weighted by atomic mass is 32.1. The van der Waals surface area contributed by atoms with E-state index in [4.69, 9.17) is 0 Å². The molecule has 0 N–H and O–H groups in total. The zero-order valence-electron chi connectivity index (χ0n) is 12.2. The standard InChI is InChI=1S/C13H18N6S/c1-5-6-18-7-10(9(4)16-18)12-17-19-11(8(2)3)14-15-13(19)20-12/h7-8H,5-6H2,1-4H3. The first-order valence-electron chi connectivity index (χ1n) is 6.86. The summed E-state index contributed by atoms with van der Waals surface area (Å²) in [5.41, 5.74) is 2.10. The monoisotopic (exact) mass is 290 g/mol. The second-order valence-electron chi connectivity index (χ2n) is 5.21. The normalized spacial score (nSPS) is 11.8. The molecule has 0 radical (unpaired) electrons. The Morgan fingerprint density at radius 2 is 2.05 bits per heavy atom. The van der Waals surface area contributed by atoms with Crippen molar-refractivity contribution in [3.8, 4) is 10.6 Å². The third-order valence-electron chi connectivity index (χ3n) is 3.16. The van der Waals surface area contributed by atoms with Gasteiger partial charge < -0.3 is 0 Å². The number of hydrogen-bond acceptors (Lipinski definition) is 5. The molecule has 20 heavy (non-hydrogen) atoms. The van der Waals surface area contributed by atoms with Crippen LogP contribution in [-0.2, 0) is 6.54 Å². The van der Waals surface area contributed by atoms with Crippen LogP contribution in [0.15, 0.2) is 6.20 Å². The quantitative estimate of drug-likeness (QED) is 0.741. The molecule has 0 saturated heterocycles. The highest BCUT2D eigenvalue weighted by Crippen LogP contribution is 2.28. The van der Waals surface area contributed by atoms with Gasteiger partial charge in [-0.1, -0.05) is 32.1 Å². The van der Waals surface area contributed by atoms with Crippen LogP contribution in [0.25, 0.3) is 15.5 Å². The van der Waals surface area contributed by atoms with E-state index in [1.165, 1.54) is 0 Å². The SMILES string of the molecule is CCCn1cc(-c2nn3c(C(C)C)nnc3s2)c(C)n1. The van der Waals surface area contributed by atoms with Crippen LogP contribution in [0.3, 0.4) is 0 Å². The second kappa shape index (κ2) is 4.97. The number of nitrogens with zero attached hydrogens (tertiary/aromatic N) is 6. The molecule has 3 rings (SSSR count). The van der Waals surface area contributed by atoms with E-state index >= 15 is 0 Å². The summed E-state index contributed by atoms with van der Waals surface area (Å²) in [5.74, 6) is 1.21. The molecule has 106 valence electrons. The predicted octanol–water partition coefficient (Wildman–Crippen LogP) is 2.89. The van der Waals surface area contributed by atoms with Gasteiger partial charge in [0.1, 0.15) is 0 Å². The average Bonchev–Trinajstić information content (AvgIpc) is 3.01. The third-order valence-corrected chi connectivity index (χ3v) is 4.09. The molecule has 0 atom stereocenters. The number of aryl methyl sites for hydroxylation is 2. The Morgan fingerprint density at radius 3 is 2.75 bits per heavy atom. The minimum Gasteiger partial charge on any atom is -0.272 e. The van der Waals surface area contributed by atoms with Crippen LogP contribution in [-0.4, -0.2) is 29.6 Å². The summed E-state index contributed by atoms with van der Waals surface area (Å²) in [5, 5.41) is 18.5. The molecule has 0 aliphatic rings. The van der Waals surface area contributed by atoms with Crippen LogP contribution in [0, 0.1) is 6.92 Å². The molecule has 3 aromatic rings. The lowest BCUT2D eigenvalue weighted by Crippen LogP contribution is -1.97. The lowest BCUT2D eigenvalue weighted by atomic mass is 10.2. The Balaban J connectivity index is 2.06. The molecule has 0 saturated carbocycles. The zero-order valence-corrected chi connectivity index (χ0v) is 13.0. The predicted molar refractivity (Wildman–Crippen MR) is 79.0 cm³/mol. The maximum Gasteiger partial charge on any atom is 0.234 e. The maximum atomic E-state index is 4.66. The first kappa shape index (κ1) is 13.2. The van der Waals surface area contributed by atoms with Crippen molar-refractivity contribution in [2.75, 3.05) is 0 Å². The Bertz CT molecular complexity index is 735. The molecular weight excluding hydrogens is 272 g/mol. The maximum absolute atomic E-state index is 4.66. The van der Waals surface area contributed by atoms with E-state index in [1.54, 1.807) is 11.3 Å². The van der Waals surface area contributed by atoms with Crippen LogP contribution in [0.1, 0.15) is 44.6 Å². The largest absolute Gasteiger partial charge is 0.272 e. The molecule has 0 spiro atoms. The van der Waals surface area contributed by atoms with E-state index in [0.717, 1.165) is 40.0 Å². The Labute approximate surface area is 121 Å². The average molecular weight is 290 g/mol. The molecule has 0 aliphatic carbocycles. The van der Waals surface area contributed by atoms with Crippen molar-refractivity contribution in [2.45, 2.75) is 46.6 Å². The molecule has 0 unspecified atom stereocenters. The molecule has 0 bridgehead atoms. The van der Waals surface area contributed by atoms with Gasteiger partial charge in [0, 0.05) is 18.7 Å². The molecule has 3 heterocycles. The number of fused-ring (bicyclic) bond motifs is 1. The van der Waals surface area contributed by atoms with Crippen LogP contribution in [0.5, 0.6) is 0 Å². The molecular formula is C13H18N6S. The molecule has 0 amide bonds. The summed E-state index contributed by atoms with van der Waals surface area (Å²) >= 11 is 1.56. The summed E-state index contributed by atoms with van der Waals surface area (Å²) in [4.78, 5) is 0.839. The van der Waals surface area contributed by atoms with Crippen molar-refractivity contribution < 1.29 is 0 Å². The molecule has 3 aromatic heterocycles. The van der Waals surface area contributed by atoms with Gasteiger partial charge in [-0.3, -0.25) is 4.68 Å². The highest BCUT2D eigenvalue weighted by molar-refractivity contribution is 7.19. The minimum atomic E-state index is 0.309.